The van der Waals surface area contributed by atoms with Gasteiger partial charge >= 0.3 is 150 Å². The van der Waals surface area contributed by atoms with E-state index < -0.39 is 17.3 Å². The number of hydrogen-bond donors (Lipinski definition) is 0. The molecule has 0 aromatic rings. The van der Waals surface area contributed by atoms with Crippen molar-refractivity contribution in [3.63, 3.8) is 0 Å². The molecule has 198 valence electrons. The van der Waals surface area contributed by atoms with Crippen LogP contribution in [0.1, 0.15) is 73.1 Å². The predicted molar refractivity (Wildman–Crippen MR) is 130 cm³/mol. The SMILES string of the molecule is C#CCBr.C#CCC1(C(=O)OCC)CCCCC1=O.CCOC(=O)C1CCCCC1=O.O=CO[O-].[Cs+].[Cs+].[H-]. The summed E-state index contributed by atoms with van der Waals surface area (Å²) in [6, 6.07) is 0. The summed E-state index contributed by atoms with van der Waals surface area (Å²) in [5.74, 6) is 3.55. The minimum Gasteiger partial charge on any atom is -1.00 e. The number of terminal acetylenes is 2. The van der Waals surface area contributed by atoms with E-state index >= 15 is 0 Å². The van der Waals surface area contributed by atoms with Crippen molar-refractivity contribution in [2.24, 2.45) is 11.3 Å². The third-order valence-corrected chi connectivity index (χ3v) is 5.43. The van der Waals surface area contributed by atoms with Gasteiger partial charge < -0.3 is 21.0 Å². The summed E-state index contributed by atoms with van der Waals surface area (Å²) in [5, 5.41) is 9.09. The number of esters is 2. The summed E-state index contributed by atoms with van der Waals surface area (Å²) in [7, 11) is 0. The number of carbonyl (C=O) groups excluding carboxylic acids is 5. The van der Waals surface area contributed by atoms with Crippen LogP contribution in [-0.2, 0) is 38.3 Å². The quantitative estimate of drug-likeness (QED) is 0.0511. The molecule has 2 atom stereocenters. The van der Waals surface area contributed by atoms with Crippen LogP contribution in [0.3, 0.4) is 0 Å². The Labute approximate surface area is 347 Å². The minimum absolute atomic E-state index is 0. The summed E-state index contributed by atoms with van der Waals surface area (Å²) in [5.41, 5.74) is -1.04. The first-order chi connectivity index (χ1) is 16.8. The van der Waals surface area contributed by atoms with Gasteiger partial charge in [-0.3, -0.25) is 24.0 Å². The maximum atomic E-state index is 11.8. The first-order valence-electron chi connectivity index (χ1n) is 11.3. The molecule has 0 amide bonds. The molecule has 0 aromatic carbocycles. The molecular formula is C25H35BrCs2O9. The third kappa shape index (κ3) is 20.0. The molecule has 2 saturated carbocycles. The molecule has 0 saturated heterocycles. The molecule has 2 aliphatic carbocycles. The standard InChI is InChI=1S/C12H16O3.C9H14O3.C3H3Br.CH2O3.2Cs.H/c1-3-8-12(11(14)15-4-2)9-6-5-7-10(12)13;1-2-12-9(11)7-5-3-4-6-8(7)10;1-2-3-4;2-1-4-3;;;/h1H,4-9H2,2H3;7H,2-6H2,1H3;1H,3H2;1,3H;;;/q;;;;2*+1;-1/p-1. The number of Topliss-reactive ketones (excluding diaryl/α,β-unsaturated/α-hetero) is 2. The summed E-state index contributed by atoms with van der Waals surface area (Å²) in [6.45, 7) is 3.96. The Morgan fingerprint density at radius 3 is 2.03 bits per heavy atom. The van der Waals surface area contributed by atoms with Gasteiger partial charge in [0.05, 0.1) is 18.5 Å². The second-order valence-electron chi connectivity index (χ2n) is 7.36. The van der Waals surface area contributed by atoms with Crippen molar-refractivity contribution < 1.29 is 183 Å². The van der Waals surface area contributed by atoms with Crippen molar-refractivity contribution in [1.29, 1.82) is 0 Å². The Morgan fingerprint density at radius 2 is 1.62 bits per heavy atom. The molecule has 37 heavy (non-hydrogen) atoms. The molecule has 2 unspecified atom stereocenters. The van der Waals surface area contributed by atoms with Crippen LogP contribution in [0.5, 0.6) is 0 Å². The first kappa shape index (κ1) is 45.4. The maximum Gasteiger partial charge on any atom is 1.00 e. The van der Waals surface area contributed by atoms with Crippen LogP contribution in [0.2, 0.25) is 0 Å². The van der Waals surface area contributed by atoms with E-state index in [1.165, 1.54) is 0 Å². The summed E-state index contributed by atoms with van der Waals surface area (Å²) in [4.78, 5) is 57.2. The average molecular weight is 825 g/mol. The summed E-state index contributed by atoms with van der Waals surface area (Å²) < 4.78 is 9.74. The molecule has 0 aromatic heterocycles. The zero-order valence-electron chi connectivity index (χ0n) is 23.3. The van der Waals surface area contributed by atoms with Crippen LogP contribution in [0.25, 0.3) is 0 Å². The number of halogens is 1. The second kappa shape index (κ2) is 30.4. The maximum absolute atomic E-state index is 11.8. The summed E-state index contributed by atoms with van der Waals surface area (Å²) in [6.07, 6.45) is 15.9. The van der Waals surface area contributed by atoms with Crippen LogP contribution in [-0.4, -0.2) is 48.5 Å². The van der Waals surface area contributed by atoms with Crippen molar-refractivity contribution in [2.45, 2.75) is 71.6 Å². The normalized spacial score (nSPS) is 19.2. The van der Waals surface area contributed by atoms with Crippen LogP contribution in [0, 0.1) is 36.0 Å². The molecule has 2 aliphatic rings. The van der Waals surface area contributed by atoms with E-state index in [0.717, 1.165) is 25.7 Å². The van der Waals surface area contributed by atoms with E-state index in [9.17, 15) is 19.2 Å². The van der Waals surface area contributed by atoms with Gasteiger partial charge in [0.2, 0.25) is 0 Å². The number of rotatable bonds is 6. The van der Waals surface area contributed by atoms with E-state index in [-0.39, 0.29) is 170 Å². The first-order valence-corrected chi connectivity index (χ1v) is 12.4. The van der Waals surface area contributed by atoms with Crippen LogP contribution < -0.4 is 143 Å². The summed E-state index contributed by atoms with van der Waals surface area (Å²) >= 11 is 3.01. The fraction of sp³-hybridized carbons (Fsp3) is 0.640. The van der Waals surface area contributed by atoms with Crippen molar-refractivity contribution in [3.8, 4) is 24.7 Å². The predicted octanol–water partition coefficient (Wildman–Crippen LogP) is -3.42. The van der Waals surface area contributed by atoms with E-state index in [4.69, 9.17) is 32.4 Å². The third-order valence-electron chi connectivity index (χ3n) is 5.10. The van der Waals surface area contributed by atoms with Gasteiger partial charge in [-0.1, -0.05) is 34.7 Å². The largest absolute Gasteiger partial charge is 1.00 e. The Morgan fingerprint density at radius 1 is 1.08 bits per heavy atom. The molecule has 0 radical (unpaired) electrons. The van der Waals surface area contributed by atoms with Crippen molar-refractivity contribution in [3.05, 3.63) is 0 Å². The second-order valence-corrected chi connectivity index (χ2v) is 7.92. The number of ether oxygens (including phenoxy) is 2. The van der Waals surface area contributed by atoms with E-state index in [2.05, 4.69) is 32.7 Å². The minimum atomic E-state index is -1.04. The number of carbonyl (C=O) groups is 5. The van der Waals surface area contributed by atoms with Gasteiger partial charge in [0.15, 0.2) is 5.78 Å². The zero-order chi connectivity index (χ0) is 27.1. The molecule has 9 nitrogen and oxygen atoms in total. The molecule has 12 heteroatoms. The number of hydrogen-bond acceptors (Lipinski definition) is 9. The van der Waals surface area contributed by atoms with Gasteiger partial charge in [-0.05, 0) is 39.5 Å². The van der Waals surface area contributed by atoms with Crippen molar-refractivity contribution >= 4 is 45.9 Å². The molecule has 0 aliphatic heterocycles. The molecule has 0 spiro atoms. The molecule has 0 N–H and O–H groups in total. The van der Waals surface area contributed by atoms with E-state index in [0.29, 0.717) is 44.2 Å². The van der Waals surface area contributed by atoms with Gasteiger partial charge in [-0.15, -0.1) is 18.8 Å². The monoisotopic (exact) mass is 824 g/mol. The molecule has 2 fully saturated rings. The van der Waals surface area contributed by atoms with Gasteiger partial charge in [0.1, 0.15) is 17.1 Å². The molecular weight excluding hydrogens is 790 g/mol. The number of ketones is 2. The van der Waals surface area contributed by atoms with E-state index in [1.54, 1.807) is 13.8 Å². The van der Waals surface area contributed by atoms with Gasteiger partial charge in [0.25, 0.3) is 6.47 Å². The van der Waals surface area contributed by atoms with Gasteiger partial charge in [-0.2, -0.15) is 0 Å². The fourth-order valence-electron chi connectivity index (χ4n) is 3.48. The molecule has 2 rings (SSSR count). The van der Waals surface area contributed by atoms with Gasteiger partial charge in [-0.25, -0.2) is 0 Å². The Hall–Kier alpha value is 1.41. The van der Waals surface area contributed by atoms with Gasteiger partial charge in [0, 0.05) is 19.3 Å². The Bertz CT molecular complexity index is 769. The molecule has 0 bridgehead atoms. The Balaban J connectivity index is -0.000000142. The molecule has 0 heterocycles. The fourth-order valence-corrected chi connectivity index (χ4v) is 3.48. The van der Waals surface area contributed by atoms with Crippen LogP contribution in [0.4, 0.5) is 0 Å². The average Bonchev–Trinajstić information content (AvgIpc) is 2.87. The number of alkyl halides is 1. The van der Waals surface area contributed by atoms with Crippen LogP contribution >= 0.6 is 15.9 Å². The van der Waals surface area contributed by atoms with Crippen molar-refractivity contribution in [2.75, 3.05) is 18.5 Å². The zero-order valence-corrected chi connectivity index (χ0v) is 36.5. The van der Waals surface area contributed by atoms with Crippen molar-refractivity contribution in [1.82, 2.24) is 0 Å². The topological polar surface area (TPSA) is 136 Å². The smallest absolute Gasteiger partial charge is 1.00 e. The van der Waals surface area contributed by atoms with Crippen LogP contribution in [0.15, 0.2) is 0 Å². The Kier molecular flexibility index (Phi) is 37.3. The van der Waals surface area contributed by atoms with E-state index in [1.807, 2.05) is 0 Å².